The Bertz CT molecular complexity index is 212. The summed E-state index contributed by atoms with van der Waals surface area (Å²) in [6, 6.07) is 0. The highest BCUT2D eigenvalue weighted by atomic mass is 15.0. The normalized spacial score (nSPS) is 22.2. The van der Waals surface area contributed by atoms with Gasteiger partial charge in [-0.05, 0) is 0 Å². The first-order valence-corrected chi connectivity index (χ1v) is 2.93. The third-order valence-corrected chi connectivity index (χ3v) is 1.44. The second-order valence-corrected chi connectivity index (χ2v) is 2.06. The first-order valence-electron chi connectivity index (χ1n) is 2.93. The molecule has 9 heavy (non-hydrogen) atoms. The summed E-state index contributed by atoms with van der Waals surface area (Å²) in [5.41, 5.74) is 2.35. The van der Waals surface area contributed by atoms with Crippen LogP contribution in [-0.4, -0.2) is 25.6 Å². The Hall–Kier alpha value is -1.12. The summed E-state index contributed by atoms with van der Waals surface area (Å²) in [5.74, 6) is 0. The second kappa shape index (κ2) is 1.69. The van der Waals surface area contributed by atoms with Crippen LogP contribution in [0.5, 0.6) is 0 Å². The minimum Gasteiger partial charge on any atom is -0.365 e. The molecule has 0 radical (unpaired) electrons. The molecule has 1 N–H and O–H groups in total. The maximum absolute atomic E-state index is 4.08. The van der Waals surface area contributed by atoms with E-state index in [1.165, 1.54) is 5.57 Å². The molecule has 0 aromatic rings. The highest BCUT2D eigenvalue weighted by Gasteiger charge is 2.09. The number of nitrogens with one attached hydrogen (secondary N) is 1. The lowest BCUT2D eigenvalue weighted by molar-refractivity contribution is 0.849. The highest BCUT2D eigenvalue weighted by Crippen LogP contribution is 2.07. The monoisotopic (exact) mass is 121 g/mol. The van der Waals surface area contributed by atoms with Gasteiger partial charge in [-0.15, -0.1) is 0 Å². The third-order valence-electron chi connectivity index (χ3n) is 1.44. The maximum atomic E-state index is 4.08. The number of nitrogens with zero attached hydrogens (tertiary/aromatic N) is 2. The molecule has 0 aromatic carbocycles. The Balaban J connectivity index is 2.35. The lowest BCUT2D eigenvalue weighted by Gasteiger charge is -2.07. The average Bonchev–Trinajstić information content (AvgIpc) is 2.33. The molecular formula is C6H7N3. The van der Waals surface area contributed by atoms with Gasteiger partial charge in [-0.2, -0.15) is 0 Å². The Morgan fingerprint density at radius 3 is 3.22 bits per heavy atom. The predicted octanol–water partition coefficient (Wildman–Crippen LogP) is -0.0436. The number of aliphatic imine (C=N–C) groups is 2. The van der Waals surface area contributed by atoms with E-state index >= 15 is 0 Å². The first kappa shape index (κ1) is 4.73. The molecule has 0 unspecified atom stereocenters. The van der Waals surface area contributed by atoms with Gasteiger partial charge in [0, 0.05) is 18.0 Å². The van der Waals surface area contributed by atoms with Crippen molar-refractivity contribution in [2.24, 2.45) is 9.98 Å². The molecule has 2 rings (SSSR count). The molecule has 0 atom stereocenters. The Kier molecular flexibility index (Phi) is 0.886. The topological polar surface area (TPSA) is 36.8 Å². The molecule has 46 valence electrons. The smallest absolute Gasteiger partial charge is 0.107 e. The number of allylic oxidation sites excluding steroid dienone is 1. The van der Waals surface area contributed by atoms with Crippen LogP contribution in [-0.2, 0) is 0 Å². The molecule has 2 aliphatic rings. The van der Waals surface area contributed by atoms with Crippen LogP contribution >= 0.6 is 0 Å². The minimum atomic E-state index is 0.699. The van der Waals surface area contributed by atoms with Crippen LogP contribution in [0.3, 0.4) is 0 Å². The van der Waals surface area contributed by atoms with Gasteiger partial charge in [-0.3, -0.25) is 9.98 Å². The van der Waals surface area contributed by atoms with Gasteiger partial charge in [-0.25, -0.2) is 0 Å². The van der Waals surface area contributed by atoms with Crippen LogP contribution in [0, 0.1) is 0 Å². The van der Waals surface area contributed by atoms with E-state index in [2.05, 4.69) is 15.3 Å². The molecule has 0 fully saturated rings. The minimum absolute atomic E-state index is 0.699. The van der Waals surface area contributed by atoms with Gasteiger partial charge < -0.3 is 5.32 Å². The summed E-state index contributed by atoms with van der Waals surface area (Å²) >= 11 is 0. The maximum Gasteiger partial charge on any atom is 0.107 e. The van der Waals surface area contributed by atoms with Gasteiger partial charge in [0.05, 0.1) is 12.2 Å². The second-order valence-electron chi connectivity index (χ2n) is 2.06. The summed E-state index contributed by atoms with van der Waals surface area (Å²) in [5, 5.41) is 3.11. The third kappa shape index (κ3) is 0.650. The molecule has 0 amide bonds. The number of rotatable bonds is 0. The van der Waals surface area contributed by atoms with E-state index in [1.54, 1.807) is 0 Å². The van der Waals surface area contributed by atoms with Crippen LogP contribution in [0.2, 0.25) is 0 Å². The van der Waals surface area contributed by atoms with Gasteiger partial charge in [-0.1, -0.05) is 0 Å². The molecule has 0 bridgehead atoms. The van der Waals surface area contributed by atoms with Crippen LogP contribution in [0.15, 0.2) is 21.3 Å². The zero-order valence-corrected chi connectivity index (χ0v) is 4.96. The van der Waals surface area contributed by atoms with E-state index in [1.807, 2.05) is 12.4 Å². The number of hydrogen-bond acceptors (Lipinski definition) is 3. The Labute approximate surface area is 53.2 Å². The lowest BCUT2D eigenvalue weighted by Crippen LogP contribution is -2.19. The molecule has 0 spiro atoms. The quantitative estimate of drug-likeness (QED) is 0.479. The molecule has 3 nitrogen and oxygen atoms in total. The van der Waals surface area contributed by atoms with Crippen molar-refractivity contribution < 1.29 is 0 Å². The molecule has 0 saturated carbocycles. The van der Waals surface area contributed by atoms with Crippen molar-refractivity contribution >= 4 is 12.4 Å². The van der Waals surface area contributed by atoms with Gasteiger partial charge in [0.25, 0.3) is 0 Å². The van der Waals surface area contributed by atoms with Gasteiger partial charge >= 0.3 is 0 Å². The molecule has 3 heteroatoms. The summed E-state index contributed by atoms with van der Waals surface area (Å²) < 4.78 is 0. The highest BCUT2D eigenvalue weighted by molar-refractivity contribution is 5.95. The van der Waals surface area contributed by atoms with Crippen molar-refractivity contribution in [3.8, 4) is 0 Å². The fraction of sp³-hybridized carbons (Fsp3) is 0.333. The van der Waals surface area contributed by atoms with Crippen molar-refractivity contribution in [1.29, 1.82) is 0 Å². The van der Waals surface area contributed by atoms with Crippen LogP contribution in [0.25, 0.3) is 0 Å². The van der Waals surface area contributed by atoms with Crippen LogP contribution in [0.4, 0.5) is 0 Å². The van der Waals surface area contributed by atoms with E-state index in [4.69, 9.17) is 0 Å². The van der Waals surface area contributed by atoms with Gasteiger partial charge in [0.1, 0.15) is 6.67 Å². The summed E-state index contributed by atoms with van der Waals surface area (Å²) in [6.07, 6.45) is 3.75. The van der Waals surface area contributed by atoms with Crippen molar-refractivity contribution in [1.82, 2.24) is 5.32 Å². The van der Waals surface area contributed by atoms with E-state index in [0.717, 1.165) is 12.2 Å². The van der Waals surface area contributed by atoms with Crippen molar-refractivity contribution in [2.45, 2.75) is 0 Å². The van der Waals surface area contributed by atoms with E-state index in [-0.39, 0.29) is 0 Å². The van der Waals surface area contributed by atoms with Crippen molar-refractivity contribution in [2.75, 3.05) is 13.2 Å². The van der Waals surface area contributed by atoms with Crippen molar-refractivity contribution in [3.63, 3.8) is 0 Å². The largest absolute Gasteiger partial charge is 0.365 e. The summed E-state index contributed by atoms with van der Waals surface area (Å²) in [4.78, 5) is 8.12. The van der Waals surface area contributed by atoms with E-state index < -0.39 is 0 Å². The van der Waals surface area contributed by atoms with Crippen LogP contribution < -0.4 is 5.32 Å². The average molecular weight is 121 g/mol. The lowest BCUT2D eigenvalue weighted by atomic mass is 10.2. The molecule has 0 aliphatic carbocycles. The fourth-order valence-electron chi connectivity index (χ4n) is 0.960. The molecule has 2 heterocycles. The van der Waals surface area contributed by atoms with E-state index in [9.17, 15) is 0 Å². The predicted molar refractivity (Wildman–Crippen MR) is 36.9 cm³/mol. The van der Waals surface area contributed by atoms with Crippen molar-refractivity contribution in [3.05, 3.63) is 11.3 Å². The first-order chi connectivity index (χ1) is 4.47. The molecule has 2 aliphatic heterocycles. The molecular weight excluding hydrogens is 114 g/mol. The Morgan fingerprint density at radius 1 is 1.33 bits per heavy atom. The zero-order valence-electron chi connectivity index (χ0n) is 4.96. The zero-order chi connectivity index (χ0) is 6.10. The van der Waals surface area contributed by atoms with Crippen LogP contribution in [0.1, 0.15) is 0 Å². The molecule has 0 saturated heterocycles. The van der Waals surface area contributed by atoms with E-state index in [0.29, 0.717) is 6.67 Å². The number of hydrogen-bond donors (Lipinski definition) is 1. The van der Waals surface area contributed by atoms with Gasteiger partial charge in [0.2, 0.25) is 0 Å². The fourth-order valence-corrected chi connectivity index (χ4v) is 0.960. The standard InChI is InChI=1S/C6H7N3/c1-5-2-8-4-9-6(5)3-7-1/h2-3,9H,1,4H2. The summed E-state index contributed by atoms with van der Waals surface area (Å²) in [7, 11) is 0. The molecule has 0 aromatic heterocycles. The Morgan fingerprint density at radius 2 is 2.33 bits per heavy atom. The SMILES string of the molecule is C1=NCNC2=C1CN=C2. The van der Waals surface area contributed by atoms with Gasteiger partial charge in [0.15, 0.2) is 0 Å². The summed E-state index contributed by atoms with van der Waals surface area (Å²) in [6.45, 7) is 1.50.